The van der Waals surface area contributed by atoms with Crippen molar-refractivity contribution in [3.63, 3.8) is 0 Å². The number of pyridine rings is 1. The number of fused-ring (bicyclic) bond motifs is 1. The number of nitrogens with one attached hydrogen (secondary N) is 2. The summed E-state index contributed by atoms with van der Waals surface area (Å²) >= 11 is 0. The van der Waals surface area contributed by atoms with Gasteiger partial charge in [0.15, 0.2) is 0 Å². The topological polar surface area (TPSA) is 43.2 Å². The van der Waals surface area contributed by atoms with Crippen LogP contribution in [0, 0.1) is 13.8 Å². The van der Waals surface area contributed by atoms with Crippen LogP contribution in [-0.4, -0.2) is 35.6 Å². The smallest absolute Gasteiger partial charge is 0.258 e. The highest BCUT2D eigenvalue weighted by atomic mass is 16.1. The number of piperazine rings is 1. The first kappa shape index (κ1) is 17.9. The van der Waals surface area contributed by atoms with Gasteiger partial charge in [-0.1, -0.05) is 35.9 Å². The molecule has 0 saturated carbocycles. The van der Waals surface area contributed by atoms with Crippen molar-refractivity contribution in [2.24, 2.45) is 0 Å². The summed E-state index contributed by atoms with van der Waals surface area (Å²) in [5.74, 6) is 0. The summed E-state index contributed by atoms with van der Waals surface area (Å²) in [7, 11) is 0. The van der Waals surface area contributed by atoms with E-state index in [2.05, 4.69) is 31.2 Å². The highest BCUT2D eigenvalue weighted by Gasteiger charge is 2.23. The maximum Gasteiger partial charge on any atom is 0.258 e. The van der Waals surface area contributed by atoms with E-state index in [4.69, 9.17) is 4.98 Å². The lowest BCUT2D eigenvalue weighted by Crippen LogP contribution is -3.27. The summed E-state index contributed by atoms with van der Waals surface area (Å²) in [4.78, 5) is 20.3. The number of nitrogens with zero attached hydrogens (tertiary/aromatic N) is 2. The van der Waals surface area contributed by atoms with Crippen LogP contribution in [0.3, 0.4) is 0 Å². The van der Waals surface area contributed by atoms with Gasteiger partial charge in [-0.25, -0.2) is 4.98 Å². The lowest BCUT2D eigenvalue weighted by atomic mass is 10.1. The monoisotopic (exact) mass is 364 g/mol. The van der Waals surface area contributed by atoms with Crippen molar-refractivity contribution in [3.05, 3.63) is 81.4 Å². The summed E-state index contributed by atoms with van der Waals surface area (Å²) in [6.45, 7) is 10.6. The summed E-state index contributed by atoms with van der Waals surface area (Å²) in [6, 6.07) is 14.5. The van der Waals surface area contributed by atoms with Crippen molar-refractivity contribution in [2.75, 3.05) is 26.2 Å². The van der Waals surface area contributed by atoms with Crippen molar-refractivity contribution in [3.8, 4) is 0 Å². The van der Waals surface area contributed by atoms with Gasteiger partial charge in [-0.2, -0.15) is 0 Å². The molecule has 2 aromatic heterocycles. The molecule has 0 atom stereocenters. The van der Waals surface area contributed by atoms with Crippen LogP contribution in [0.2, 0.25) is 0 Å². The van der Waals surface area contributed by atoms with E-state index in [1.165, 1.54) is 16.0 Å². The Hall–Kier alpha value is -2.50. The fraction of sp³-hybridized carbons (Fsp3) is 0.364. The molecule has 3 aromatic rings. The zero-order valence-corrected chi connectivity index (χ0v) is 16.2. The molecule has 2 N–H and O–H groups in total. The molecule has 5 nitrogen and oxygen atoms in total. The second-order valence-corrected chi connectivity index (χ2v) is 7.86. The fourth-order valence-corrected chi connectivity index (χ4v) is 4.03. The quantitative estimate of drug-likeness (QED) is 0.673. The molecule has 140 valence electrons. The van der Waals surface area contributed by atoms with Crippen LogP contribution in [0.5, 0.6) is 0 Å². The van der Waals surface area contributed by atoms with E-state index < -0.39 is 0 Å². The van der Waals surface area contributed by atoms with E-state index in [1.54, 1.807) is 15.4 Å². The number of quaternary nitrogens is 2. The van der Waals surface area contributed by atoms with Crippen LogP contribution in [0.1, 0.15) is 22.4 Å². The number of rotatable bonds is 4. The summed E-state index contributed by atoms with van der Waals surface area (Å²) in [6.07, 6.45) is 1.86. The molecule has 1 aromatic carbocycles. The standard InChI is InChI=1S/C22H26N4O/c1-17-4-3-5-19(12-17)15-24-8-10-25(11-9-24)16-20-13-22(27)26-14-18(2)6-7-21(26)23-20/h3-7,12-14H,8-11,15-16H2,1-2H3/p+2. The summed E-state index contributed by atoms with van der Waals surface area (Å²) in [5, 5.41) is 0. The third-order valence-electron chi connectivity index (χ3n) is 5.49. The molecular formula is C22H28N4O+2. The second kappa shape index (κ2) is 7.62. The Bertz CT molecular complexity index is 1000. The van der Waals surface area contributed by atoms with Crippen molar-refractivity contribution >= 4 is 5.65 Å². The molecule has 5 heteroatoms. The first-order valence-electron chi connectivity index (χ1n) is 9.78. The van der Waals surface area contributed by atoms with Crippen LogP contribution < -0.4 is 15.4 Å². The molecule has 0 radical (unpaired) electrons. The zero-order chi connectivity index (χ0) is 18.8. The zero-order valence-electron chi connectivity index (χ0n) is 16.2. The molecule has 0 spiro atoms. The Morgan fingerprint density at radius 1 is 0.926 bits per heavy atom. The van der Waals surface area contributed by atoms with Gasteiger partial charge in [0.2, 0.25) is 0 Å². The summed E-state index contributed by atoms with van der Waals surface area (Å²) < 4.78 is 1.64. The van der Waals surface area contributed by atoms with Crippen LogP contribution >= 0.6 is 0 Å². The van der Waals surface area contributed by atoms with Crippen LogP contribution in [0.4, 0.5) is 0 Å². The Morgan fingerprint density at radius 2 is 1.67 bits per heavy atom. The van der Waals surface area contributed by atoms with Gasteiger partial charge >= 0.3 is 0 Å². The lowest BCUT2D eigenvalue weighted by molar-refractivity contribution is -1.02. The summed E-state index contributed by atoms with van der Waals surface area (Å²) in [5.41, 5.74) is 5.49. The molecule has 1 saturated heterocycles. The molecule has 0 bridgehead atoms. The number of hydrogen-bond donors (Lipinski definition) is 2. The number of aryl methyl sites for hydroxylation is 2. The minimum absolute atomic E-state index is 0.0156. The van der Waals surface area contributed by atoms with Gasteiger partial charge in [-0.3, -0.25) is 9.20 Å². The Morgan fingerprint density at radius 3 is 2.41 bits per heavy atom. The fourth-order valence-electron chi connectivity index (χ4n) is 4.03. The van der Waals surface area contributed by atoms with Crippen LogP contribution in [0.25, 0.3) is 5.65 Å². The van der Waals surface area contributed by atoms with E-state index in [0.29, 0.717) is 0 Å². The van der Waals surface area contributed by atoms with E-state index >= 15 is 0 Å². The normalized spacial score (nSPS) is 20.1. The maximum atomic E-state index is 12.4. The second-order valence-electron chi connectivity index (χ2n) is 7.86. The Kier molecular flexibility index (Phi) is 5.05. The van der Waals surface area contributed by atoms with Gasteiger partial charge in [0, 0.05) is 17.8 Å². The SMILES string of the molecule is Cc1cccc(C[NH+]2CC[NH+](Cc3cc(=O)n4cc(C)ccc4n3)CC2)c1. The molecule has 1 aliphatic heterocycles. The largest absolute Gasteiger partial charge is 0.322 e. The predicted octanol–water partition coefficient (Wildman–Crippen LogP) is -0.205. The van der Waals surface area contributed by atoms with E-state index in [-0.39, 0.29) is 5.56 Å². The number of aromatic nitrogens is 2. The third-order valence-corrected chi connectivity index (χ3v) is 5.49. The first-order valence-corrected chi connectivity index (χ1v) is 9.78. The molecule has 1 aliphatic rings. The maximum absolute atomic E-state index is 12.4. The van der Waals surface area contributed by atoms with Gasteiger partial charge in [0.25, 0.3) is 5.56 Å². The van der Waals surface area contributed by atoms with Crippen molar-refractivity contribution in [1.82, 2.24) is 9.38 Å². The van der Waals surface area contributed by atoms with Gasteiger partial charge in [-0.05, 0) is 25.5 Å². The van der Waals surface area contributed by atoms with Crippen molar-refractivity contribution in [2.45, 2.75) is 26.9 Å². The number of hydrogen-bond acceptors (Lipinski definition) is 2. The molecule has 4 rings (SSSR count). The van der Waals surface area contributed by atoms with Crippen molar-refractivity contribution < 1.29 is 9.80 Å². The van der Waals surface area contributed by atoms with Gasteiger partial charge < -0.3 is 9.80 Å². The minimum Gasteiger partial charge on any atom is -0.322 e. The molecule has 0 amide bonds. The van der Waals surface area contributed by atoms with Crippen molar-refractivity contribution in [1.29, 1.82) is 0 Å². The van der Waals surface area contributed by atoms with E-state index in [1.807, 2.05) is 25.3 Å². The highest BCUT2D eigenvalue weighted by molar-refractivity contribution is 5.39. The molecule has 0 aliphatic carbocycles. The average molecular weight is 364 g/mol. The Labute approximate surface area is 159 Å². The third kappa shape index (κ3) is 4.26. The highest BCUT2D eigenvalue weighted by Crippen LogP contribution is 2.03. The van der Waals surface area contributed by atoms with Crippen LogP contribution in [0.15, 0.2) is 53.5 Å². The van der Waals surface area contributed by atoms with Gasteiger partial charge in [0.1, 0.15) is 50.6 Å². The van der Waals surface area contributed by atoms with E-state index in [0.717, 1.165) is 56.2 Å². The first-order chi connectivity index (χ1) is 13.1. The lowest BCUT2D eigenvalue weighted by Gasteiger charge is -2.29. The predicted molar refractivity (Wildman–Crippen MR) is 106 cm³/mol. The molecule has 3 heterocycles. The molecular weight excluding hydrogens is 336 g/mol. The van der Waals surface area contributed by atoms with E-state index in [9.17, 15) is 4.79 Å². The van der Waals surface area contributed by atoms with Gasteiger partial charge in [-0.15, -0.1) is 0 Å². The molecule has 0 unspecified atom stereocenters. The molecule has 27 heavy (non-hydrogen) atoms. The number of benzene rings is 1. The average Bonchev–Trinajstić information content (AvgIpc) is 2.64. The van der Waals surface area contributed by atoms with Gasteiger partial charge in [0.05, 0.1) is 0 Å². The minimum atomic E-state index is 0.0156. The molecule has 1 fully saturated rings. The Balaban J connectivity index is 1.38. The van der Waals surface area contributed by atoms with Crippen LogP contribution in [-0.2, 0) is 13.1 Å².